The summed E-state index contributed by atoms with van der Waals surface area (Å²) >= 11 is 0. The number of hydrogen-bond acceptors (Lipinski definition) is 3. The van der Waals surface area contributed by atoms with Crippen LogP contribution in [0.3, 0.4) is 0 Å². The Balaban J connectivity index is 0.00000208. The van der Waals surface area contributed by atoms with E-state index >= 15 is 0 Å². The van der Waals surface area contributed by atoms with Gasteiger partial charge in [0.25, 0.3) is 0 Å². The summed E-state index contributed by atoms with van der Waals surface area (Å²) < 4.78 is 5.69. The number of benzene rings is 2. The molecule has 0 saturated heterocycles. The highest BCUT2D eigenvalue weighted by Gasteiger charge is 2.23. The van der Waals surface area contributed by atoms with Gasteiger partial charge >= 0.3 is 0 Å². The molecule has 0 atom stereocenters. The van der Waals surface area contributed by atoms with E-state index in [1.807, 2.05) is 54.3 Å². The van der Waals surface area contributed by atoms with E-state index in [0.29, 0.717) is 13.0 Å². The zero-order valence-electron chi connectivity index (χ0n) is 13.8. The molecule has 0 radical (unpaired) electrons. The second-order valence-electron chi connectivity index (χ2n) is 5.91. The first kappa shape index (κ1) is 18.1. The van der Waals surface area contributed by atoms with Gasteiger partial charge in [0.05, 0.1) is 13.0 Å². The summed E-state index contributed by atoms with van der Waals surface area (Å²) in [6.07, 6.45) is 2.25. The van der Waals surface area contributed by atoms with Crippen LogP contribution in [0.1, 0.15) is 24.0 Å². The molecule has 2 aromatic rings. The first-order valence-corrected chi connectivity index (χ1v) is 8.02. The molecule has 5 heteroatoms. The lowest BCUT2D eigenvalue weighted by Gasteiger charge is -2.30. The van der Waals surface area contributed by atoms with Gasteiger partial charge in [0.2, 0.25) is 5.91 Å². The molecule has 0 saturated carbocycles. The normalized spacial score (nSPS) is 13.0. The minimum Gasteiger partial charge on any atom is -0.493 e. The number of carbonyl (C=O) groups is 1. The predicted octanol–water partition coefficient (Wildman–Crippen LogP) is 3.75. The van der Waals surface area contributed by atoms with Crippen molar-refractivity contribution in [3.8, 4) is 5.75 Å². The maximum atomic E-state index is 12.5. The molecule has 1 amide bonds. The van der Waals surface area contributed by atoms with E-state index in [-0.39, 0.29) is 18.3 Å². The van der Waals surface area contributed by atoms with Crippen LogP contribution in [0.25, 0.3) is 0 Å². The largest absolute Gasteiger partial charge is 0.493 e. The van der Waals surface area contributed by atoms with E-state index in [4.69, 9.17) is 10.5 Å². The number of fused-ring (bicyclic) bond motifs is 1. The number of carbonyl (C=O) groups excluding carboxylic acids is 1. The number of ether oxygens (including phenoxy) is 1. The summed E-state index contributed by atoms with van der Waals surface area (Å²) in [4.78, 5) is 14.4. The Hall–Kier alpha value is -2.20. The Bertz CT molecular complexity index is 718. The molecule has 0 bridgehead atoms. The SMILES string of the molecule is Cc1cccc(OCCC(=O)N2CCCc3c(N)cccc32)c1.Cl. The molecule has 3 rings (SSSR count). The van der Waals surface area contributed by atoms with Gasteiger partial charge in [-0.2, -0.15) is 0 Å². The van der Waals surface area contributed by atoms with E-state index in [9.17, 15) is 4.79 Å². The smallest absolute Gasteiger partial charge is 0.230 e. The first-order valence-electron chi connectivity index (χ1n) is 8.02. The first-order chi connectivity index (χ1) is 11.1. The fourth-order valence-corrected chi connectivity index (χ4v) is 3.01. The van der Waals surface area contributed by atoms with Gasteiger partial charge in [-0.3, -0.25) is 4.79 Å². The Kier molecular flexibility index (Phi) is 6.10. The number of amides is 1. The van der Waals surface area contributed by atoms with Crippen molar-refractivity contribution >= 4 is 29.7 Å². The summed E-state index contributed by atoms with van der Waals surface area (Å²) in [5, 5.41) is 0. The highest BCUT2D eigenvalue weighted by Crippen LogP contribution is 2.31. The number of rotatable bonds is 4. The number of aryl methyl sites for hydroxylation is 1. The van der Waals surface area contributed by atoms with Crippen molar-refractivity contribution in [2.75, 3.05) is 23.8 Å². The topological polar surface area (TPSA) is 55.6 Å². The van der Waals surface area contributed by atoms with Crippen molar-refractivity contribution in [2.45, 2.75) is 26.2 Å². The van der Waals surface area contributed by atoms with Crippen LogP contribution in [-0.2, 0) is 11.2 Å². The molecular formula is C19H23ClN2O2. The number of nitrogens with zero attached hydrogens (tertiary/aromatic N) is 1. The molecule has 2 N–H and O–H groups in total. The van der Waals surface area contributed by atoms with E-state index < -0.39 is 0 Å². The highest BCUT2D eigenvalue weighted by atomic mass is 35.5. The van der Waals surface area contributed by atoms with Crippen molar-refractivity contribution in [2.24, 2.45) is 0 Å². The molecule has 0 unspecified atom stereocenters. The zero-order chi connectivity index (χ0) is 16.2. The summed E-state index contributed by atoms with van der Waals surface area (Å²) in [5.74, 6) is 0.894. The zero-order valence-corrected chi connectivity index (χ0v) is 14.6. The van der Waals surface area contributed by atoms with E-state index in [0.717, 1.165) is 47.6 Å². The fraction of sp³-hybridized carbons (Fsp3) is 0.316. The van der Waals surface area contributed by atoms with Crippen LogP contribution in [-0.4, -0.2) is 19.1 Å². The standard InChI is InChI=1S/C19H22N2O2.ClH/c1-14-5-2-6-15(13-14)23-12-10-19(22)21-11-4-7-16-17(20)8-3-9-18(16)21;/h2-3,5-6,8-9,13H,4,7,10-12,20H2,1H3;1H. The van der Waals surface area contributed by atoms with Crippen LogP contribution in [0.2, 0.25) is 0 Å². The Morgan fingerprint density at radius 1 is 1.25 bits per heavy atom. The molecule has 128 valence electrons. The van der Waals surface area contributed by atoms with Crippen LogP contribution in [0.4, 0.5) is 11.4 Å². The third-order valence-corrected chi connectivity index (χ3v) is 4.16. The average Bonchev–Trinajstić information content (AvgIpc) is 2.55. The maximum Gasteiger partial charge on any atom is 0.230 e. The van der Waals surface area contributed by atoms with Crippen LogP contribution in [0, 0.1) is 6.92 Å². The molecule has 0 spiro atoms. The van der Waals surface area contributed by atoms with E-state index in [2.05, 4.69) is 0 Å². The van der Waals surface area contributed by atoms with Crippen LogP contribution in [0.15, 0.2) is 42.5 Å². The summed E-state index contributed by atoms with van der Waals surface area (Å²) in [6, 6.07) is 13.6. The van der Waals surface area contributed by atoms with Gasteiger partial charge in [-0.25, -0.2) is 0 Å². The Morgan fingerprint density at radius 3 is 2.83 bits per heavy atom. The predicted molar refractivity (Wildman–Crippen MR) is 100 cm³/mol. The minimum absolute atomic E-state index is 0. The lowest BCUT2D eigenvalue weighted by molar-refractivity contribution is -0.119. The van der Waals surface area contributed by atoms with Crippen LogP contribution < -0.4 is 15.4 Å². The molecule has 0 aromatic heterocycles. The molecular weight excluding hydrogens is 324 g/mol. The number of nitrogen functional groups attached to an aromatic ring is 1. The molecule has 2 aromatic carbocycles. The molecule has 1 aliphatic rings. The monoisotopic (exact) mass is 346 g/mol. The number of hydrogen-bond donors (Lipinski definition) is 1. The molecule has 24 heavy (non-hydrogen) atoms. The Morgan fingerprint density at radius 2 is 2.04 bits per heavy atom. The van der Waals surface area contributed by atoms with E-state index in [1.165, 1.54) is 0 Å². The van der Waals surface area contributed by atoms with Crippen molar-refractivity contribution in [3.05, 3.63) is 53.6 Å². The van der Waals surface area contributed by atoms with Crippen LogP contribution in [0.5, 0.6) is 5.75 Å². The van der Waals surface area contributed by atoms with Gasteiger partial charge in [0, 0.05) is 17.9 Å². The minimum atomic E-state index is 0. The molecule has 1 heterocycles. The molecule has 0 aliphatic carbocycles. The molecule has 1 aliphatic heterocycles. The fourth-order valence-electron chi connectivity index (χ4n) is 3.01. The van der Waals surface area contributed by atoms with Crippen molar-refractivity contribution < 1.29 is 9.53 Å². The lowest BCUT2D eigenvalue weighted by Crippen LogP contribution is -2.36. The third-order valence-electron chi connectivity index (χ3n) is 4.16. The second kappa shape index (κ2) is 8.06. The van der Waals surface area contributed by atoms with Gasteiger partial charge in [0.15, 0.2) is 0 Å². The molecule has 0 fully saturated rings. The highest BCUT2D eigenvalue weighted by molar-refractivity contribution is 5.95. The summed E-state index contributed by atoms with van der Waals surface area (Å²) in [5.41, 5.74) is 10.00. The van der Waals surface area contributed by atoms with Crippen molar-refractivity contribution in [3.63, 3.8) is 0 Å². The maximum absolute atomic E-state index is 12.5. The van der Waals surface area contributed by atoms with Gasteiger partial charge in [0.1, 0.15) is 5.75 Å². The van der Waals surface area contributed by atoms with Crippen LogP contribution >= 0.6 is 12.4 Å². The Labute approximate surface area is 149 Å². The van der Waals surface area contributed by atoms with Crippen molar-refractivity contribution in [1.29, 1.82) is 0 Å². The van der Waals surface area contributed by atoms with E-state index in [1.54, 1.807) is 0 Å². The lowest BCUT2D eigenvalue weighted by atomic mass is 9.99. The van der Waals surface area contributed by atoms with Gasteiger partial charge in [-0.05, 0) is 55.2 Å². The summed E-state index contributed by atoms with van der Waals surface area (Å²) in [7, 11) is 0. The number of anilines is 2. The average molecular weight is 347 g/mol. The molecule has 4 nitrogen and oxygen atoms in total. The number of nitrogens with two attached hydrogens (primary N) is 1. The second-order valence-corrected chi connectivity index (χ2v) is 5.91. The van der Waals surface area contributed by atoms with Crippen molar-refractivity contribution in [1.82, 2.24) is 0 Å². The number of halogens is 1. The third kappa shape index (κ3) is 4.01. The summed E-state index contributed by atoms with van der Waals surface area (Å²) in [6.45, 7) is 3.16. The van der Waals surface area contributed by atoms with Gasteiger partial charge < -0.3 is 15.4 Å². The quantitative estimate of drug-likeness (QED) is 0.858. The van der Waals surface area contributed by atoms with Gasteiger partial charge in [-0.1, -0.05) is 18.2 Å². The van der Waals surface area contributed by atoms with Gasteiger partial charge in [-0.15, -0.1) is 12.4 Å².